The highest BCUT2D eigenvalue weighted by molar-refractivity contribution is 4.84. The van der Waals surface area contributed by atoms with E-state index in [1.54, 1.807) is 0 Å². The van der Waals surface area contributed by atoms with Crippen LogP contribution in [-0.4, -0.2) is 46.9 Å². The zero-order valence-electron chi connectivity index (χ0n) is 11.7. The van der Waals surface area contributed by atoms with Gasteiger partial charge >= 0.3 is 0 Å². The quantitative estimate of drug-likeness (QED) is 0.832. The fourth-order valence-corrected chi connectivity index (χ4v) is 2.93. The van der Waals surface area contributed by atoms with E-state index in [-0.39, 0.29) is 0 Å². The maximum atomic E-state index is 4.26. The van der Waals surface area contributed by atoms with E-state index in [1.807, 2.05) is 23.1 Å². The summed E-state index contributed by atoms with van der Waals surface area (Å²) >= 11 is 0. The van der Waals surface area contributed by atoms with E-state index in [1.165, 1.54) is 25.9 Å². The summed E-state index contributed by atoms with van der Waals surface area (Å²) in [7, 11) is 0. The van der Waals surface area contributed by atoms with Gasteiger partial charge in [0.1, 0.15) is 0 Å². The Hall–Kier alpha value is -0.870. The van der Waals surface area contributed by atoms with Crippen molar-refractivity contribution in [3.8, 4) is 0 Å². The minimum Gasteiger partial charge on any atom is -0.314 e. The average molecular weight is 250 g/mol. The van der Waals surface area contributed by atoms with E-state index in [0.29, 0.717) is 0 Å². The number of aromatic nitrogens is 2. The molecular formula is C14H26N4. The fraction of sp³-hybridized carbons (Fsp3) is 0.786. The van der Waals surface area contributed by atoms with E-state index in [9.17, 15) is 0 Å². The molecule has 2 unspecified atom stereocenters. The van der Waals surface area contributed by atoms with Gasteiger partial charge in [0, 0.05) is 31.5 Å². The van der Waals surface area contributed by atoms with Crippen molar-refractivity contribution in [2.24, 2.45) is 5.92 Å². The smallest absolute Gasteiger partial charge is 0.0536 e. The van der Waals surface area contributed by atoms with Crippen LogP contribution in [0.15, 0.2) is 18.5 Å². The van der Waals surface area contributed by atoms with Crippen LogP contribution in [0.5, 0.6) is 0 Å². The molecule has 4 heteroatoms. The zero-order valence-corrected chi connectivity index (χ0v) is 11.7. The summed E-state index contributed by atoms with van der Waals surface area (Å²) in [6, 6.07) is 2.72. The highest BCUT2D eigenvalue weighted by Gasteiger charge is 2.26. The zero-order chi connectivity index (χ0) is 12.8. The molecule has 2 heterocycles. The second kappa shape index (κ2) is 6.90. The summed E-state index contributed by atoms with van der Waals surface area (Å²) in [5, 5.41) is 7.89. The summed E-state index contributed by atoms with van der Waals surface area (Å²) in [6.45, 7) is 10.2. The van der Waals surface area contributed by atoms with E-state index < -0.39 is 0 Å². The van der Waals surface area contributed by atoms with Crippen molar-refractivity contribution in [1.29, 1.82) is 0 Å². The summed E-state index contributed by atoms with van der Waals surface area (Å²) in [4.78, 5) is 2.59. The van der Waals surface area contributed by atoms with Crippen molar-refractivity contribution in [3.63, 3.8) is 0 Å². The lowest BCUT2D eigenvalue weighted by molar-refractivity contribution is 0.131. The van der Waals surface area contributed by atoms with Gasteiger partial charge in [0.05, 0.1) is 6.54 Å². The van der Waals surface area contributed by atoms with Gasteiger partial charge in [-0.1, -0.05) is 20.3 Å². The minimum absolute atomic E-state index is 0.723. The molecule has 1 fully saturated rings. The lowest BCUT2D eigenvalue weighted by Gasteiger charge is -2.38. The lowest BCUT2D eigenvalue weighted by Crippen LogP contribution is -2.49. The second-order valence-corrected chi connectivity index (χ2v) is 5.19. The third-order valence-corrected chi connectivity index (χ3v) is 4.01. The molecule has 0 aromatic carbocycles. The normalized spacial score (nSPS) is 25.4. The number of nitrogens with zero attached hydrogens (tertiary/aromatic N) is 3. The monoisotopic (exact) mass is 250 g/mol. The summed E-state index contributed by atoms with van der Waals surface area (Å²) < 4.78 is 2.03. The van der Waals surface area contributed by atoms with E-state index in [0.717, 1.165) is 31.6 Å². The van der Waals surface area contributed by atoms with Gasteiger partial charge in [-0.3, -0.25) is 4.68 Å². The van der Waals surface area contributed by atoms with Crippen molar-refractivity contribution in [1.82, 2.24) is 20.0 Å². The summed E-state index contributed by atoms with van der Waals surface area (Å²) in [5.41, 5.74) is 0. The van der Waals surface area contributed by atoms with Crippen LogP contribution in [0.1, 0.15) is 26.7 Å². The van der Waals surface area contributed by atoms with Gasteiger partial charge in [-0.05, 0) is 31.5 Å². The van der Waals surface area contributed by atoms with Gasteiger partial charge in [0.25, 0.3) is 0 Å². The molecule has 1 aliphatic rings. The highest BCUT2D eigenvalue weighted by atomic mass is 15.3. The Kier molecular flexibility index (Phi) is 5.20. The summed E-state index contributed by atoms with van der Waals surface area (Å²) in [6.07, 6.45) is 6.45. The molecule has 2 rings (SSSR count). The second-order valence-electron chi connectivity index (χ2n) is 5.19. The van der Waals surface area contributed by atoms with Gasteiger partial charge < -0.3 is 10.2 Å². The van der Waals surface area contributed by atoms with Crippen LogP contribution >= 0.6 is 0 Å². The van der Waals surface area contributed by atoms with Gasteiger partial charge in [-0.2, -0.15) is 5.10 Å². The highest BCUT2D eigenvalue weighted by Crippen LogP contribution is 2.20. The first-order valence-corrected chi connectivity index (χ1v) is 7.26. The van der Waals surface area contributed by atoms with Crippen LogP contribution in [0.25, 0.3) is 0 Å². The SMILES string of the molecule is CCNC1CCN(CCn2cccn2)CC1CC. The number of nitrogens with one attached hydrogen (secondary N) is 1. The van der Waals surface area contributed by atoms with Crippen LogP contribution in [0.2, 0.25) is 0 Å². The summed E-state index contributed by atoms with van der Waals surface area (Å²) in [5.74, 6) is 0.802. The molecule has 1 aromatic rings. The Morgan fingerprint density at radius 1 is 1.33 bits per heavy atom. The van der Waals surface area contributed by atoms with Gasteiger partial charge in [-0.25, -0.2) is 0 Å². The number of likely N-dealkylation sites (tertiary alicyclic amines) is 1. The van der Waals surface area contributed by atoms with Crippen molar-refractivity contribution < 1.29 is 0 Å². The first kappa shape index (κ1) is 13.6. The number of hydrogen-bond donors (Lipinski definition) is 1. The fourth-order valence-electron chi connectivity index (χ4n) is 2.93. The molecule has 2 atom stereocenters. The van der Waals surface area contributed by atoms with Gasteiger partial charge in [-0.15, -0.1) is 0 Å². The maximum absolute atomic E-state index is 4.26. The standard InChI is InChI=1S/C14H26N4/c1-3-13-12-17(9-6-14(13)15-4-2)10-11-18-8-5-7-16-18/h5,7-8,13-15H,3-4,6,9-12H2,1-2H3. The van der Waals surface area contributed by atoms with Crippen molar-refractivity contribution in [2.75, 3.05) is 26.2 Å². The van der Waals surface area contributed by atoms with E-state index in [2.05, 4.69) is 29.2 Å². The van der Waals surface area contributed by atoms with Gasteiger partial charge in [0.15, 0.2) is 0 Å². The molecule has 4 nitrogen and oxygen atoms in total. The Balaban J connectivity index is 1.78. The first-order chi connectivity index (χ1) is 8.83. The third kappa shape index (κ3) is 3.56. The van der Waals surface area contributed by atoms with Crippen molar-refractivity contribution >= 4 is 0 Å². The Bertz CT molecular complexity index is 323. The Morgan fingerprint density at radius 3 is 2.89 bits per heavy atom. The van der Waals surface area contributed by atoms with Crippen LogP contribution in [-0.2, 0) is 6.54 Å². The number of rotatable bonds is 6. The van der Waals surface area contributed by atoms with Crippen molar-refractivity contribution in [3.05, 3.63) is 18.5 Å². The topological polar surface area (TPSA) is 33.1 Å². The Morgan fingerprint density at radius 2 is 2.22 bits per heavy atom. The lowest BCUT2D eigenvalue weighted by atomic mass is 9.90. The van der Waals surface area contributed by atoms with E-state index >= 15 is 0 Å². The van der Waals surface area contributed by atoms with Crippen LogP contribution in [0.4, 0.5) is 0 Å². The third-order valence-electron chi connectivity index (χ3n) is 4.01. The Labute approximate surface area is 110 Å². The molecule has 0 aliphatic carbocycles. The largest absolute Gasteiger partial charge is 0.314 e. The molecule has 0 bridgehead atoms. The first-order valence-electron chi connectivity index (χ1n) is 7.26. The van der Waals surface area contributed by atoms with Crippen LogP contribution < -0.4 is 5.32 Å². The molecule has 0 amide bonds. The predicted octanol–water partition coefficient (Wildman–Crippen LogP) is 1.59. The predicted molar refractivity (Wildman–Crippen MR) is 74.5 cm³/mol. The minimum atomic E-state index is 0.723. The molecule has 1 aromatic heterocycles. The molecule has 0 saturated carbocycles. The molecular weight excluding hydrogens is 224 g/mol. The number of hydrogen-bond acceptors (Lipinski definition) is 3. The van der Waals surface area contributed by atoms with E-state index in [4.69, 9.17) is 0 Å². The molecule has 1 aliphatic heterocycles. The van der Waals surface area contributed by atoms with Gasteiger partial charge in [0.2, 0.25) is 0 Å². The molecule has 18 heavy (non-hydrogen) atoms. The maximum Gasteiger partial charge on any atom is 0.0536 e. The molecule has 0 radical (unpaired) electrons. The average Bonchev–Trinajstić information content (AvgIpc) is 2.91. The molecule has 0 spiro atoms. The van der Waals surface area contributed by atoms with Crippen LogP contribution in [0, 0.1) is 5.92 Å². The number of piperidine rings is 1. The van der Waals surface area contributed by atoms with Crippen molar-refractivity contribution in [2.45, 2.75) is 39.3 Å². The molecule has 102 valence electrons. The molecule has 1 N–H and O–H groups in total. The van der Waals surface area contributed by atoms with Crippen LogP contribution in [0.3, 0.4) is 0 Å². The molecule has 1 saturated heterocycles.